The van der Waals surface area contributed by atoms with E-state index in [1.165, 1.54) is 0 Å². The summed E-state index contributed by atoms with van der Waals surface area (Å²) >= 11 is 0. The molecule has 2 rings (SSSR count). The number of ether oxygens (including phenoxy) is 1. The van der Waals surface area contributed by atoms with Crippen molar-refractivity contribution in [3.05, 3.63) is 18.7 Å². The summed E-state index contributed by atoms with van der Waals surface area (Å²) in [7, 11) is 0. The Morgan fingerprint density at radius 1 is 1.30 bits per heavy atom. The number of hydrogen-bond donors (Lipinski definition) is 0. The van der Waals surface area contributed by atoms with E-state index in [9.17, 15) is 31.1 Å². The van der Waals surface area contributed by atoms with Crippen molar-refractivity contribution in [2.75, 3.05) is 0 Å². The molecule has 1 saturated carbocycles. The van der Waals surface area contributed by atoms with Gasteiger partial charge < -0.3 is 4.74 Å². The molecule has 2 unspecified atom stereocenters. The second kappa shape index (κ2) is 4.38. The highest BCUT2D eigenvalue weighted by Gasteiger charge is 2.74. The molecule has 1 aliphatic rings. The van der Waals surface area contributed by atoms with E-state index >= 15 is 0 Å². The van der Waals surface area contributed by atoms with Crippen molar-refractivity contribution < 1.29 is 35.9 Å². The molecule has 0 radical (unpaired) electrons. The van der Waals surface area contributed by atoms with Gasteiger partial charge in [-0.2, -0.15) is 26.3 Å². The van der Waals surface area contributed by atoms with E-state index in [-0.39, 0.29) is 0 Å². The number of nitrogens with zero attached hydrogens (tertiary/aromatic N) is 2. The zero-order valence-corrected chi connectivity index (χ0v) is 9.70. The van der Waals surface area contributed by atoms with Gasteiger partial charge in [-0.15, -0.1) is 0 Å². The number of alkyl halides is 6. The Labute approximate surface area is 108 Å². The van der Waals surface area contributed by atoms with E-state index in [0.29, 0.717) is 4.57 Å². The molecule has 112 valence electrons. The molecule has 0 bridgehead atoms. The molecule has 0 aromatic carbocycles. The van der Waals surface area contributed by atoms with Crippen LogP contribution in [0, 0.1) is 5.92 Å². The maximum atomic E-state index is 12.9. The second-order valence-corrected chi connectivity index (χ2v) is 4.36. The van der Waals surface area contributed by atoms with Gasteiger partial charge in [-0.25, -0.2) is 14.3 Å². The van der Waals surface area contributed by atoms with Crippen LogP contribution < -0.4 is 0 Å². The highest BCUT2D eigenvalue weighted by atomic mass is 19.4. The summed E-state index contributed by atoms with van der Waals surface area (Å²) in [6.07, 6.45) is -10.7. The molecule has 1 heterocycles. The Morgan fingerprint density at radius 2 is 1.95 bits per heavy atom. The summed E-state index contributed by atoms with van der Waals surface area (Å²) in [4.78, 5) is 14.9. The number of rotatable bonds is 1. The third-order valence-electron chi connectivity index (χ3n) is 3.23. The standard InChI is InChI=1S/C10H8F6N2O2/c11-9(12,13)6-1-2-8(6,10(14,15)16)20-7(19)18-4-3-17-5-18/h3-6H,1-2H2. The van der Waals surface area contributed by atoms with Crippen molar-refractivity contribution in [2.24, 2.45) is 5.92 Å². The highest BCUT2D eigenvalue weighted by molar-refractivity contribution is 5.70. The summed E-state index contributed by atoms with van der Waals surface area (Å²) in [5.41, 5.74) is -3.52. The zero-order valence-electron chi connectivity index (χ0n) is 9.70. The fraction of sp³-hybridized carbons (Fsp3) is 0.600. The molecule has 0 amide bonds. The normalized spacial score (nSPS) is 27.0. The van der Waals surface area contributed by atoms with Crippen molar-refractivity contribution >= 4 is 6.09 Å². The topological polar surface area (TPSA) is 44.1 Å². The number of halogens is 6. The van der Waals surface area contributed by atoms with Crippen LogP contribution in [0.25, 0.3) is 0 Å². The minimum Gasteiger partial charge on any atom is -0.432 e. The summed E-state index contributed by atoms with van der Waals surface area (Å²) in [5.74, 6) is -2.75. The first-order valence-corrected chi connectivity index (χ1v) is 5.43. The van der Waals surface area contributed by atoms with Crippen molar-refractivity contribution in [1.29, 1.82) is 0 Å². The van der Waals surface area contributed by atoms with Crippen LogP contribution in [0.4, 0.5) is 31.1 Å². The van der Waals surface area contributed by atoms with Gasteiger partial charge in [0, 0.05) is 12.4 Å². The maximum Gasteiger partial charge on any atom is 0.429 e. The van der Waals surface area contributed by atoms with Crippen molar-refractivity contribution in [2.45, 2.75) is 30.8 Å². The van der Waals surface area contributed by atoms with Gasteiger partial charge in [0.05, 0.1) is 0 Å². The van der Waals surface area contributed by atoms with Crippen LogP contribution in [0.1, 0.15) is 12.8 Å². The Hall–Kier alpha value is -1.74. The molecule has 0 aliphatic heterocycles. The van der Waals surface area contributed by atoms with Crippen molar-refractivity contribution in [1.82, 2.24) is 9.55 Å². The molecule has 2 atom stereocenters. The quantitative estimate of drug-likeness (QED) is 0.749. The second-order valence-electron chi connectivity index (χ2n) is 4.36. The van der Waals surface area contributed by atoms with Crippen LogP contribution in [0.3, 0.4) is 0 Å². The summed E-state index contributed by atoms with van der Waals surface area (Å²) in [6.45, 7) is 0. The third kappa shape index (κ3) is 2.22. The van der Waals surface area contributed by atoms with E-state index in [2.05, 4.69) is 9.72 Å². The third-order valence-corrected chi connectivity index (χ3v) is 3.23. The lowest BCUT2D eigenvalue weighted by molar-refractivity contribution is -0.357. The molecular formula is C10H8F6N2O2. The zero-order chi connectivity index (χ0) is 15.2. The van der Waals surface area contributed by atoms with Gasteiger partial charge in [-0.05, 0) is 12.8 Å². The molecule has 1 aromatic heterocycles. The predicted octanol–water partition coefficient (Wildman–Crippen LogP) is 3.14. The molecule has 4 nitrogen and oxygen atoms in total. The average Bonchev–Trinajstić information content (AvgIpc) is 2.72. The van der Waals surface area contributed by atoms with Gasteiger partial charge >= 0.3 is 18.4 Å². The highest BCUT2D eigenvalue weighted by Crippen LogP contribution is 2.57. The molecule has 0 spiro atoms. The van der Waals surface area contributed by atoms with Gasteiger partial charge in [0.25, 0.3) is 0 Å². The largest absolute Gasteiger partial charge is 0.432 e. The van der Waals surface area contributed by atoms with E-state index in [1.807, 2.05) is 0 Å². The van der Waals surface area contributed by atoms with Crippen LogP contribution in [-0.4, -0.2) is 33.6 Å². The van der Waals surface area contributed by atoms with E-state index in [4.69, 9.17) is 0 Å². The first-order valence-electron chi connectivity index (χ1n) is 5.43. The number of hydrogen-bond acceptors (Lipinski definition) is 3. The van der Waals surface area contributed by atoms with Gasteiger partial charge in [0.2, 0.25) is 5.60 Å². The molecule has 1 fully saturated rings. The van der Waals surface area contributed by atoms with E-state index in [1.54, 1.807) is 0 Å². The smallest absolute Gasteiger partial charge is 0.429 e. The van der Waals surface area contributed by atoms with Crippen LogP contribution in [0.15, 0.2) is 18.7 Å². The Morgan fingerprint density at radius 3 is 2.30 bits per heavy atom. The predicted molar refractivity (Wildman–Crippen MR) is 51.7 cm³/mol. The Bertz CT molecular complexity index is 495. The summed E-state index contributed by atoms with van der Waals surface area (Å²) in [6, 6.07) is 0. The van der Waals surface area contributed by atoms with Gasteiger partial charge in [-0.3, -0.25) is 0 Å². The molecule has 1 aromatic rings. The number of aromatic nitrogens is 2. The number of imidazole rings is 1. The summed E-state index contributed by atoms with van der Waals surface area (Å²) < 4.78 is 81.3. The first kappa shape index (κ1) is 14.7. The minimum absolute atomic E-state index is 0.541. The molecule has 20 heavy (non-hydrogen) atoms. The Kier molecular flexibility index (Phi) is 3.22. The molecule has 10 heteroatoms. The average molecular weight is 302 g/mol. The number of carbonyl (C=O) groups excluding carboxylic acids is 1. The SMILES string of the molecule is O=C(OC1(C(F)(F)F)CCC1C(F)(F)F)n1ccnc1. The van der Waals surface area contributed by atoms with Crippen LogP contribution in [0.2, 0.25) is 0 Å². The van der Waals surface area contributed by atoms with Gasteiger partial charge in [0.1, 0.15) is 12.2 Å². The van der Waals surface area contributed by atoms with Crippen LogP contribution >= 0.6 is 0 Å². The van der Waals surface area contributed by atoms with Gasteiger partial charge in [0.15, 0.2) is 0 Å². The fourth-order valence-electron chi connectivity index (χ4n) is 2.07. The number of carbonyl (C=O) groups is 1. The summed E-state index contributed by atoms with van der Waals surface area (Å²) in [5, 5.41) is 0. The lowest BCUT2D eigenvalue weighted by Gasteiger charge is -2.48. The first-order chi connectivity index (χ1) is 9.08. The molecule has 1 aliphatic carbocycles. The monoisotopic (exact) mass is 302 g/mol. The van der Waals surface area contributed by atoms with Crippen molar-refractivity contribution in [3.63, 3.8) is 0 Å². The maximum absolute atomic E-state index is 12.9. The van der Waals surface area contributed by atoms with Crippen molar-refractivity contribution in [3.8, 4) is 0 Å². The lowest BCUT2D eigenvalue weighted by Crippen LogP contribution is -2.65. The molecule has 0 N–H and O–H groups in total. The fourth-order valence-corrected chi connectivity index (χ4v) is 2.07. The molecular weight excluding hydrogens is 294 g/mol. The molecule has 0 saturated heterocycles. The van der Waals surface area contributed by atoms with E-state index < -0.39 is 42.8 Å². The Balaban J connectivity index is 2.29. The van der Waals surface area contributed by atoms with Crippen LogP contribution in [-0.2, 0) is 4.74 Å². The minimum atomic E-state index is -5.30. The van der Waals surface area contributed by atoms with Crippen LogP contribution in [0.5, 0.6) is 0 Å². The van der Waals surface area contributed by atoms with Gasteiger partial charge in [-0.1, -0.05) is 0 Å². The van der Waals surface area contributed by atoms with E-state index in [0.717, 1.165) is 18.7 Å². The lowest BCUT2D eigenvalue weighted by atomic mass is 9.68.